The maximum atomic E-state index is 12.1. The number of carbonyl (C=O) groups excluding carboxylic acids is 2. The Hall–Kier alpha value is -3.38. The minimum Gasteiger partial charge on any atom is -0.490 e. The van der Waals surface area contributed by atoms with E-state index in [4.69, 9.17) is 9.47 Å². The van der Waals surface area contributed by atoms with Crippen LogP contribution in [-0.2, 0) is 4.79 Å². The van der Waals surface area contributed by atoms with Crippen molar-refractivity contribution in [1.29, 1.82) is 0 Å². The highest BCUT2D eigenvalue weighted by molar-refractivity contribution is 7.12. The molecule has 0 saturated carbocycles. The van der Waals surface area contributed by atoms with Gasteiger partial charge in [0.15, 0.2) is 23.9 Å². The Morgan fingerprint density at radius 3 is 2.55 bits per heavy atom. The SMILES string of the molecule is CCOc1cc(/C=C/C(=O)c2cccs2)ccc1OCC(=O)Nc1ccccc1. The summed E-state index contributed by atoms with van der Waals surface area (Å²) in [5, 5.41) is 4.64. The van der Waals surface area contributed by atoms with E-state index in [-0.39, 0.29) is 18.3 Å². The number of amides is 1. The fourth-order valence-corrected chi connectivity index (χ4v) is 3.20. The molecule has 0 saturated heterocycles. The normalized spacial score (nSPS) is 10.7. The number of anilines is 1. The number of benzene rings is 2. The molecule has 0 aliphatic heterocycles. The highest BCUT2D eigenvalue weighted by Crippen LogP contribution is 2.29. The molecule has 148 valence electrons. The minimum absolute atomic E-state index is 0.0455. The van der Waals surface area contributed by atoms with E-state index >= 15 is 0 Å². The molecule has 1 N–H and O–H groups in total. The van der Waals surface area contributed by atoms with Crippen LogP contribution in [0.5, 0.6) is 11.5 Å². The lowest BCUT2D eigenvalue weighted by Crippen LogP contribution is -2.20. The van der Waals surface area contributed by atoms with E-state index < -0.39 is 0 Å². The van der Waals surface area contributed by atoms with E-state index in [1.807, 2.05) is 54.8 Å². The quantitative estimate of drug-likeness (QED) is 0.398. The van der Waals surface area contributed by atoms with E-state index in [1.165, 1.54) is 17.4 Å². The average molecular weight is 407 g/mol. The Kier molecular flexibility index (Phi) is 7.19. The maximum Gasteiger partial charge on any atom is 0.262 e. The predicted molar refractivity (Wildman–Crippen MR) is 116 cm³/mol. The van der Waals surface area contributed by atoms with Gasteiger partial charge in [-0.2, -0.15) is 0 Å². The monoisotopic (exact) mass is 407 g/mol. The third-order valence-electron chi connectivity index (χ3n) is 3.88. The highest BCUT2D eigenvalue weighted by Gasteiger charge is 2.09. The van der Waals surface area contributed by atoms with Gasteiger partial charge < -0.3 is 14.8 Å². The third-order valence-corrected chi connectivity index (χ3v) is 4.76. The van der Waals surface area contributed by atoms with Crippen LogP contribution in [0.1, 0.15) is 22.2 Å². The van der Waals surface area contributed by atoms with Gasteiger partial charge in [0.2, 0.25) is 0 Å². The molecule has 0 aliphatic rings. The minimum atomic E-state index is -0.260. The molecule has 0 fully saturated rings. The summed E-state index contributed by atoms with van der Waals surface area (Å²) >= 11 is 1.41. The Morgan fingerprint density at radius 1 is 1.00 bits per heavy atom. The molecule has 0 atom stereocenters. The zero-order valence-electron chi connectivity index (χ0n) is 16.0. The standard InChI is InChI=1S/C23H21NO4S/c1-2-27-21-15-17(10-12-19(25)22-9-6-14-29-22)11-13-20(21)28-16-23(26)24-18-7-4-3-5-8-18/h3-15H,2,16H2,1H3,(H,24,26)/b12-10+. The lowest BCUT2D eigenvalue weighted by atomic mass is 10.1. The van der Waals surface area contributed by atoms with Gasteiger partial charge in [-0.3, -0.25) is 9.59 Å². The molecular weight excluding hydrogens is 386 g/mol. The Bertz CT molecular complexity index is 981. The first-order valence-corrected chi connectivity index (χ1v) is 10.0. The molecule has 0 unspecified atom stereocenters. The summed E-state index contributed by atoms with van der Waals surface area (Å²) < 4.78 is 11.3. The van der Waals surface area contributed by atoms with Gasteiger partial charge in [-0.05, 0) is 54.3 Å². The van der Waals surface area contributed by atoms with Gasteiger partial charge in [-0.15, -0.1) is 11.3 Å². The number of ketones is 1. The summed E-state index contributed by atoms with van der Waals surface area (Å²) in [5.41, 5.74) is 1.52. The molecule has 1 aromatic heterocycles. The first-order valence-electron chi connectivity index (χ1n) is 9.16. The number of hydrogen-bond acceptors (Lipinski definition) is 5. The largest absolute Gasteiger partial charge is 0.490 e. The van der Waals surface area contributed by atoms with Crippen molar-refractivity contribution >= 4 is 34.8 Å². The number of nitrogens with one attached hydrogen (secondary N) is 1. The van der Waals surface area contributed by atoms with Gasteiger partial charge in [0, 0.05) is 5.69 Å². The Morgan fingerprint density at radius 2 is 1.83 bits per heavy atom. The summed E-state index contributed by atoms with van der Waals surface area (Å²) in [5.74, 6) is 0.683. The summed E-state index contributed by atoms with van der Waals surface area (Å²) in [6.07, 6.45) is 3.27. The van der Waals surface area contributed by atoms with E-state index in [2.05, 4.69) is 5.32 Å². The topological polar surface area (TPSA) is 64.6 Å². The van der Waals surface area contributed by atoms with Crippen molar-refractivity contribution in [1.82, 2.24) is 0 Å². The second kappa shape index (κ2) is 10.2. The van der Waals surface area contributed by atoms with Crippen molar-refractivity contribution in [2.45, 2.75) is 6.92 Å². The fraction of sp³-hybridized carbons (Fsp3) is 0.130. The molecular formula is C23H21NO4S. The zero-order valence-corrected chi connectivity index (χ0v) is 16.8. The van der Waals surface area contributed by atoms with Crippen molar-refractivity contribution in [2.24, 2.45) is 0 Å². The number of thiophene rings is 1. The summed E-state index contributed by atoms with van der Waals surface area (Å²) in [4.78, 5) is 24.9. The first kappa shape index (κ1) is 20.4. The second-order valence-corrected chi connectivity index (χ2v) is 6.96. The Labute approximate surface area is 173 Å². The zero-order chi connectivity index (χ0) is 20.5. The molecule has 0 aliphatic carbocycles. The summed E-state index contributed by atoms with van der Waals surface area (Å²) in [6.45, 7) is 2.18. The van der Waals surface area contributed by atoms with Gasteiger partial charge in [-0.1, -0.05) is 36.4 Å². The maximum absolute atomic E-state index is 12.1. The van der Waals surface area contributed by atoms with Gasteiger partial charge in [0.1, 0.15) is 0 Å². The van der Waals surface area contributed by atoms with Crippen LogP contribution >= 0.6 is 11.3 Å². The second-order valence-electron chi connectivity index (χ2n) is 6.02. The molecule has 0 spiro atoms. The van der Waals surface area contributed by atoms with Gasteiger partial charge in [0.25, 0.3) is 5.91 Å². The van der Waals surface area contributed by atoms with Crippen molar-refractivity contribution in [2.75, 3.05) is 18.5 Å². The molecule has 3 aromatic rings. The number of ether oxygens (including phenoxy) is 2. The first-order chi connectivity index (χ1) is 14.2. The smallest absolute Gasteiger partial charge is 0.262 e. The highest BCUT2D eigenvalue weighted by atomic mass is 32.1. The lowest BCUT2D eigenvalue weighted by Gasteiger charge is -2.12. The molecule has 3 rings (SSSR count). The Balaban J connectivity index is 1.64. The lowest BCUT2D eigenvalue weighted by molar-refractivity contribution is -0.118. The van der Waals surface area contributed by atoms with E-state index in [1.54, 1.807) is 24.3 Å². The van der Waals surface area contributed by atoms with Crippen LogP contribution in [-0.4, -0.2) is 24.9 Å². The number of allylic oxidation sites excluding steroid dienone is 1. The van der Waals surface area contributed by atoms with Crippen LogP contribution < -0.4 is 14.8 Å². The molecule has 6 heteroatoms. The average Bonchev–Trinajstić information content (AvgIpc) is 3.27. The van der Waals surface area contributed by atoms with Crippen LogP contribution in [0.15, 0.2) is 72.1 Å². The van der Waals surface area contributed by atoms with Crippen molar-refractivity contribution in [3.05, 3.63) is 82.6 Å². The van der Waals surface area contributed by atoms with E-state index in [0.29, 0.717) is 28.7 Å². The molecule has 29 heavy (non-hydrogen) atoms. The van der Waals surface area contributed by atoms with Crippen molar-refractivity contribution in [3.63, 3.8) is 0 Å². The molecule has 0 radical (unpaired) electrons. The molecule has 2 aromatic carbocycles. The van der Waals surface area contributed by atoms with Crippen LogP contribution in [0.25, 0.3) is 6.08 Å². The molecule has 1 amide bonds. The molecule has 0 bridgehead atoms. The van der Waals surface area contributed by atoms with Crippen LogP contribution in [0.4, 0.5) is 5.69 Å². The van der Waals surface area contributed by atoms with Gasteiger partial charge >= 0.3 is 0 Å². The summed E-state index contributed by atoms with van der Waals surface area (Å²) in [6, 6.07) is 18.2. The van der Waals surface area contributed by atoms with E-state index in [9.17, 15) is 9.59 Å². The van der Waals surface area contributed by atoms with Gasteiger partial charge in [0.05, 0.1) is 11.5 Å². The van der Waals surface area contributed by atoms with Gasteiger partial charge in [-0.25, -0.2) is 0 Å². The van der Waals surface area contributed by atoms with Crippen molar-refractivity contribution < 1.29 is 19.1 Å². The van der Waals surface area contributed by atoms with Crippen LogP contribution in [0.3, 0.4) is 0 Å². The van der Waals surface area contributed by atoms with E-state index in [0.717, 1.165) is 5.56 Å². The van der Waals surface area contributed by atoms with Crippen LogP contribution in [0, 0.1) is 0 Å². The predicted octanol–water partition coefficient (Wildman–Crippen LogP) is 5.06. The molecule has 5 nitrogen and oxygen atoms in total. The number of carbonyl (C=O) groups is 2. The molecule has 1 heterocycles. The summed E-state index contributed by atoms with van der Waals surface area (Å²) in [7, 11) is 0. The number of para-hydroxylation sites is 1. The van der Waals surface area contributed by atoms with Crippen LogP contribution in [0.2, 0.25) is 0 Å². The third kappa shape index (κ3) is 6.05. The fourth-order valence-electron chi connectivity index (χ4n) is 2.55. The number of hydrogen-bond donors (Lipinski definition) is 1. The number of rotatable bonds is 9. The van der Waals surface area contributed by atoms with Crippen molar-refractivity contribution in [3.8, 4) is 11.5 Å².